The number of nitrogens with one attached hydrogen (secondary N) is 1. The second kappa shape index (κ2) is 6.74. The molecule has 1 amide bonds. The summed E-state index contributed by atoms with van der Waals surface area (Å²) in [6.07, 6.45) is 5.01. The molecule has 1 aromatic carbocycles. The van der Waals surface area contributed by atoms with E-state index >= 15 is 4.39 Å². The molecule has 0 radical (unpaired) electrons. The lowest BCUT2D eigenvalue weighted by Gasteiger charge is -2.30. The third-order valence-corrected chi connectivity index (χ3v) is 6.42. The van der Waals surface area contributed by atoms with Crippen molar-refractivity contribution in [3.05, 3.63) is 41.0 Å². The number of aryl methyl sites for hydroxylation is 1. The summed E-state index contributed by atoms with van der Waals surface area (Å²) in [6, 6.07) is 1.39. The molecule has 11 heteroatoms. The van der Waals surface area contributed by atoms with E-state index in [9.17, 15) is 18.3 Å². The summed E-state index contributed by atoms with van der Waals surface area (Å²) in [5.74, 6) is -2.06. The van der Waals surface area contributed by atoms with Gasteiger partial charge in [0.1, 0.15) is 18.0 Å². The zero-order chi connectivity index (χ0) is 20.1. The highest BCUT2D eigenvalue weighted by Crippen LogP contribution is 2.38. The minimum absolute atomic E-state index is 0.296. The molecule has 0 bridgehead atoms. The molecule has 1 saturated heterocycles. The van der Waals surface area contributed by atoms with E-state index in [4.69, 9.17) is 0 Å². The van der Waals surface area contributed by atoms with Gasteiger partial charge in [-0.05, 0) is 30.0 Å². The Balaban J connectivity index is 1.59. The van der Waals surface area contributed by atoms with Crippen molar-refractivity contribution in [1.29, 1.82) is 0 Å². The fraction of sp³-hybridized carbons (Fsp3) is 0.412. The number of phenols is 1. The van der Waals surface area contributed by atoms with Crippen LogP contribution in [0, 0.1) is 5.82 Å². The Labute approximate surface area is 161 Å². The largest absolute Gasteiger partial charge is 0.506 e. The molecule has 3 heterocycles. The maximum Gasteiger partial charge on any atom is 0.326 e. The van der Waals surface area contributed by atoms with Gasteiger partial charge in [-0.15, -0.1) is 0 Å². The number of hydrogen-bond donors (Lipinski definition) is 2. The van der Waals surface area contributed by atoms with Gasteiger partial charge in [-0.1, -0.05) is 0 Å². The molecule has 0 saturated carbocycles. The number of aromatic hydroxyl groups is 1. The summed E-state index contributed by atoms with van der Waals surface area (Å²) >= 11 is 0. The zero-order valence-corrected chi connectivity index (χ0v) is 16.0. The number of halogens is 1. The van der Waals surface area contributed by atoms with E-state index in [1.807, 2.05) is 13.2 Å². The molecular weight excluding hydrogens is 389 g/mol. The summed E-state index contributed by atoms with van der Waals surface area (Å²) in [7, 11) is -2.36. The van der Waals surface area contributed by atoms with Gasteiger partial charge in [0, 0.05) is 38.4 Å². The van der Waals surface area contributed by atoms with Crippen LogP contribution in [0.1, 0.15) is 16.7 Å². The van der Waals surface area contributed by atoms with Crippen LogP contribution < -0.4 is 9.03 Å². The van der Waals surface area contributed by atoms with Gasteiger partial charge in [-0.25, -0.2) is 13.4 Å². The van der Waals surface area contributed by atoms with Gasteiger partial charge >= 0.3 is 10.2 Å². The Bertz CT molecular complexity index is 1050. The van der Waals surface area contributed by atoms with Crippen molar-refractivity contribution in [1.82, 2.24) is 19.4 Å². The van der Waals surface area contributed by atoms with Gasteiger partial charge in [-0.2, -0.15) is 13.5 Å². The molecule has 28 heavy (non-hydrogen) atoms. The number of amides is 1. The van der Waals surface area contributed by atoms with Crippen LogP contribution in [-0.2, 0) is 41.4 Å². The van der Waals surface area contributed by atoms with Crippen molar-refractivity contribution in [3.63, 3.8) is 0 Å². The first kappa shape index (κ1) is 18.7. The van der Waals surface area contributed by atoms with Crippen LogP contribution in [0.4, 0.5) is 10.1 Å². The van der Waals surface area contributed by atoms with Gasteiger partial charge in [0.25, 0.3) is 5.91 Å². The van der Waals surface area contributed by atoms with Crippen LogP contribution in [0.15, 0.2) is 18.5 Å². The van der Waals surface area contributed by atoms with Crippen molar-refractivity contribution in [2.24, 2.45) is 7.05 Å². The molecule has 0 unspecified atom stereocenters. The van der Waals surface area contributed by atoms with E-state index < -0.39 is 39.9 Å². The molecule has 2 aromatic rings. The quantitative estimate of drug-likeness (QED) is 0.739. The SMILES string of the molecule is Cn1cc(CCN2CCc3cc(O)c(N4CC(=O)NS4(=O)=O)c(F)c3C2)cn1. The second-order valence-electron chi connectivity index (χ2n) is 7.03. The Morgan fingerprint density at radius 1 is 1.36 bits per heavy atom. The smallest absolute Gasteiger partial charge is 0.326 e. The van der Waals surface area contributed by atoms with Crippen molar-refractivity contribution >= 4 is 21.8 Å². The van der Waals surface area contributed by atoms with Gasteiger partial charge in [0.05, 0.1) is 6.20 Å². The third-order valence-electron chi connectivity index (χ3n) is 5.04. The van der Waals surface area contributed by atoms with E-state index in [-0.39, 0.29) is 0 Å². The Kier molecular flexibility index (Phi) is 4.50. The van der Waals surface area contributed by atoms with Gasteiger partial charge < -0.3 is 5.11 Å². The molecule has 4 rings (SSSR count). The molecule has 2 aliphatic rings. The lowest BCUT2D eigenvalue weighted by atomic mass is 9.97. The second-order valence-corrected chi connectivity index (χ2v) is 8.63. The molecule has 0 spiro atoms. The third kappa shape index (κ3) is 3.31. The summed E-state index contributed by atoms with van der Waals surface area (Å²) in [4.78, 5) is 13.5. The van der Waals surface area contributed by atoms with Crippen molar-refractivity contribution in [3.8, 4) is 5.75 Å². The lowest BCUT2D eigenvalue weighted by Crippen LogP contribution is -2.34. The van der Waals surface area contributed by atoms with Crippen LogP contribution in [0.25, 0.3) is 0 Å². The predicted octanol–water partition coefficient (Wildman–Crippen LogP) is 0.0466. The molecule has 1 aromatic heterocycles. The van der Waals surface area contributed by atoms with Crippen LogP contribution in [0.2, 0.25) is 0 Å². The number of hydrogen-bond acceptors (Lipinski definition) is 6. The molecule has 150 valence electrons. The van der Waals surface area contributed by atoms with Crippen LogP contribution in [-0.4, -0.2) is 53.7 Å². The maximum absolute atomic E-state index is 15.2. The predicted molar refractivity (Wildman–Crippen MR) is 98.4 cm³/mol. The number of benzene rings is 1. The summed E-state index contributed by atoms with van der Waals surface area (Å²) < 4.78 is 43.5. The number of carbonyl (C=O) groups excluding carboxylic acids is 1. The fourth-order valence-electron chi connectivity index (χ4n) is 3.65. The van der Waals surface area contributed by atoms with E-state index in [0.717, 1.165) is 12.0 Å². The minimum atomic E-state index is -4.21. The Morgan fingerprint density at radius 3 is 2.79 bits per heavy atom. The first-order valence-corrected chi connectivity index (χ1v) is 10.2. The molecule has 1 fully saturated rings. The van der Waals surface area contributed by atoms with Crippen molar-refractivity contribution < 1.29 is 22.7 Å². The average molecular weight is 409 g/mol. The monoisotopic (exact) mass is 409 g/mol. The van der Waals surface area contributed by atoms with Gasteiger partial charge in [-0.3, -0.25) is 14.4 Å². The van der Waals surface area contributed by atoms with E-state index in [2.05, 4.69) is 10.00 Å². The standard InChI is InChI=1S/C17H20FN5O4S/c1-21-8-11(7-19-21)2-4-22-5-3-12-6-14(24)17(16(18)13(12)9-22)23-10-15(25)20-28(23,26)27/h6-8,24H,2-5,9-10H2,1H3,(H,20,25). The van der Waals surface area contributed by atoms with Crippen molar-refractivity contribution in [2.45, 2.75) is 19.4 Å². The Morgan fingerprint density at radius 2 is 2.14 bits per heavy atom. The van der Waals surface area contributed by atoms with E-state index in [0.29, 0.717) is 41.5 Å². The average Bonchev–Trinajstić information content (AvgIpc) is 3.15. The number of fused-ring (bicyclic) bond motifs is 1. The van der Waals surface area contributed by atoms with Crippen molar-refractivity contribution in [2.75, 3.05) is 23.9 Å². The lowest BCUT2D eigenvalue weighted by molar-refractivity contribution is -0.117. The minimum Gasteiger partial charge on any atom is -0.506 e. The normalized spacial score (nSPS) is 18.9. The highest BCUT2D eigenvalue weighted by molar-refractivity contribution is 7.92. The number of anilines is 1. The molecule has 9 nitrogen and oxygen atoms in total. The summed E-state index contributed by atoms with van der Waals surface area (Å²) in [5, 5.41) is 14.4. The highest BCUT2D eigenvalue weighted by Gasteiger charge is 2.38. The Hall–Kier alpha value is -2.66. The molecular formula is C17H20FN5O4S. The number of carbonyl (C=O) groups is 1. The van der Waals surface area contributed by atoms with Gasteiger partial charge in [0.2, 0.25) is 0 Å². The molecule has 2 aliphatic heterocycles. The topological polar surface area (TPSA) is 108 Å². The number of nitrogens with zero attached hydrogens (tertiary/aromatic N) is 4. The zero-order valence-electron chi connectivity index (χ0n) is 15.2. The molecule has 0 atom stereocenters. The van der Waals surface area contributed by atoms with Crippen LogP contribution >= 0.6 is 0 Å². The summed E-state index contributed by atoms with van der Waals surface area (Å²) in [5.41, 5.74) is 1.59. The van der Waals surface area contributed by atoms with Crippen LogP contribution in [0.5, 0.6) is 5.75 Å². The highest BCUT2D eigenvalue weighted by atomic mass is 32.2. The first-order chi connectivity index (χ1) is 13.2. The van der Waals surface area contributed by atoms with Gasteiger partial charge in [0.15, 0.2) is 5.82 Å². The fourth-order valence-corrected chi connectivity index (χ4v) is 4.82. The number of phenolic OH excluding ortho intramolecular Hbond substituents is 1. The van der Waals surface area contributed by atoms with Crippen LogP contribution in [0.3, 0.4) is 0 Å². The van der Waals surface area contributed by atoms with E-state index in [1.54, 1.807) is 15.6 Å². The first-order valence-electron chi connectivity index (χ1n) is 8.81. The summed E-state index contributed by atoms with van der Waals surface area (Å²) in [6.45, 7) is 1.14. The van der Waals surface area contributed by atoms with E-state index in [1.165, 1.54) is 6.07 Å². The molecule has 0 aliphatic carbocycles. The number of rotatable bonds is 4. The number of aromatic nitrogens is 2. The maximum atomic E-state index is 15.2. The molecule has 2 N–H and O–H groups in total.